The van der Waals surface area contributed by atoms with Crippen molar-refractivity contribution in [3.63, 3.8) is 0 Å². The summed E-state index contributed by atoms with van der Waals surface area (Å²) < 4.78 is 31.6. The molecule has 2 rings (SSSR count). The lowest BCUT2D eigenvalue weighted by Gasteiger charge is -2.23. The summed E-state index contributed by atoms with van der Waals surface area (Å²) in [6.07, 6.45) is 1.11. The quantitative estimate of drug-likeness (QED) is 0.668. The number of sulfonamides is 1. The number of anilines is 1. The Labute approximate surface area is 124 Å². The number of benzene rings is 1. The maximum Gasteiger partial charge on any atom is 0.324 e. The SMILES string of the molecule is CCOC(=O)C1CCCN1S(=O)(=O)c1ccc(C)cc1N. The molecule has 0 aromatic heterocycles. The second-order valence-corrected chi connectivity index (χ2v) is 6.93. The number of nitrogens with zero attached hydrogens (tertiary/aromatic N) is 1. The molecule has 1 fully saturated rings. The topological polar surface area (TPSA) is 89.7 Å². The van der Waals surface area contributed by atoms with Crippen LogP contribution in [0, 0.1) is 6.92 Å². The van der Waals surface area contributed by atoms with Crippen molar-refractivity contribution in [1.29, 1.82) is 0 Å². The van der Waals surface area contributed by atoms with Crippen molar-refractivity contribution in [2.45, 2.75) is 37.6 Å². The number of esters is 1. The molecule has 0 saturated carbocycles. The van der Waals surface area contributed by atoms with Crippen LogP contribution in [0.1, 0.15) is 25.3 Å². The molecule has 1 unspecified atom stereocenters. The van der Waals surface area contributed by atoms with Crippen molar-refractivity contribution in [3.8, 4) is 0 Å². The molecule has 1 aliphatic heterocycles. The maximum atomic E-state index is 12.7. The average Bonchev–Trinajstić information content (AvgIpc) is 2.88. The van der Waals surface area contributed by atoms with Crippen LogP contribution in [-0.4, -0.2) is 37.9 Å². The van der Waals surface area contributed by atoms with Crippen LogP contribution >= 0.6 is 0 Å². The number of aryl methyl sites for hydroxylation is 1. The van der Waals surface area contributed by atoms with Crippen molar-refractivity contribution < 1.29 is 17.9 Å². The molecule has 0 radical (unpaired) electrons. The van der Waals surface area contributed by atoms with Gasteiger partial charge in [0.2, 0.25) is 10.0 Å². The van der Waals surface area contributed by atoms with E-state index in [2.05, 4.69) is 0 Å². The number of carbonyl (C=O) groups is 1. The molecule has 1 aromatic carbocycles. The highest BCUT2D eigenvalue weighted by Gasteiger charge is 2.40. The van der Waals surface area contributed by atoms with Gasteiger partial charge in [0.1, 0.15) is 10.9 Å². The number of hydrogen-bond acceptors (Lipinski definition) is 5. The van der Waals surface area contributed by atoms with Crippen molar-refractivity contribution in [3.05, 3.63) is 23.8 Å². The highest BCUT2D eigenvalue weighted by atomic mass is 32.2. The summed E-state index contributed by atoms with van der Waals surface area (Å²) in [7, 11) is -3.79. The third-order valence-electron chi connectivity index (χ3n) is 3.51. The number of carbonyl (C=O) groups excluding carboxylic acids is 1. The van der Waals surface area contributed by atoms with Gasteiger partial charge in [0.15, 0.2) is 0 Å². The Hall–Kier alpha value is -1.60. The van der Waals surface area contributed by atoms with Crippen molar-refractivity contribution in [1.82, 2.24) is 4.31 Å². The third-order valence-corrected chi connectivity index (χ3v) is 5.50. The van der Waals surface area contributed by atoms with Gasteiger partial charge in [0.25, 0.3) is 0 Å². The first-order valence-electron chi connectivity index (χ1n) is 6.92. The second-order valence-electron chi connectivity index (χ2n) is 5.07. The zero-order chi connectivity index (χ0) is 15.6. The minimum absolute atomic E-state index is 0.0456. The summed E-state index contributed by atoms with van der Waals surface area (Å²) in [5, 5.41) is 0. The van der Waals surface area contributed by atoms with E-state index in [1.807, 2.05) is 6.92 Å². The van der Waals surface area contributed by atoms with Gasteiger partial charge in [0, 0.05) is 6.54 Å². The Bertz CT molecular complexity index is 642. The highest BCUT2D eigenvalue weighted by molar-refractivity contribution is 7.89. The summed E-state index contributed by atoms with van der Waals surface area (Å²) in [5.41, 5.74) is 6.92. The molecule has 1 aromatic rings. The van der Waals surface area contributed by atoms with E-state index in [1.165, 1.54) is 10.4 Å². The molecular formula is C14H20N2O4S. The third kappa shape index (κ3) is 3.03. The molecule has 21 heavy (non-hydrogen) atoms. The molecule has 1 saturated heterocycles. The van der Waals surface area contributed by atoms with Gasteiger partial charge in [-0.2, -0.15) is 4.31 Å². The Morgan fingerprint density at radius 1 is 1.48 bits per heavy atom. The molecule has 2 N–H and O–H groups in total. The van der Waals surface area contributed by atoms with Crippen molar-refractivity contribution in [2.75, 3.05) is 18.9 Å². The van der Waals surface area contributed by atoms with Crippen LogP contribution in [-0.2, 0) is 19.6 Å². The van der Waals surface area contributed by atoms with Crippen LogP contribution in [0.15, 0.2) is 23.1 Å². The van der Waals surface area contributed by atoms with Crippen LogP contribution in [0.4, 0.5) is 5.69 Å². The zero-order valence-corrected chi connectivity index (χ0v) is 13.0. The summed E-state index contributed by atoms with van der Waals surface area (Å²) >= 11 is 0. The highest BCUT2D eigenvalue weighted by Crippen LogP contribution is 2.30. The van der Waals surface area contributed by atoms with Gasteiger partial charge >= 0.3 is 5.97 Å². The number of ether oxygens (including phenoxy) is 1. The predicted octanol–water partition coefficient (Wildman–Crippen LogP) is 1.29. The Morgan fingerprint density at radius 2 is 2.19 bits per heavy atom. The van der Waals surface area contributed by atoms with Gasteiger partial charge in [0.05, 0.1) is 12.3 Å². The van der Waals surface area contributed by atoms with Crippen LogP contribution in [0.2, 0.25) is 0 Å². The standard InChI is InChI=1S/C14H20N2O4S/c1-3-20-14(17)12-5-4-8-16(12)21(18,19)13-7-6-10(2)9-11(13)15/h6-7,9,12H,3-5,8,15H2,1-2H3. The molecule has 1 heterocycles. The number of nitrogens with two attached hydrogens (primary N) is 1. The van der Waals surface area contributed by atoms with E-state index < -0.39 is 22.0 Å². The van der Waals surface area contributed by atoms with Gasteiger partial charge in [-0.05, 0) is 44.4 Å². The van der Waals surface area contributed by atoms with E-state index in [0.717, 1.165) is 5.56 Å². The van der Waals surface area contributed by atoms with Gasteiger partial charge in [-0.15, -0.1) is 0 Å². The Morgan fingerprint density at radius 3 is 2.81 bits per heavy atom. The van der Waals surface area contributed by atoms with E-state index >= 15 is 0 Å². The molecule has 0 aliphatic carbocycles. The smallest absolute Gasteiger partial charge is 0.324 e. The maximum absolute atomic E-state index is 12.7. The monoisotopic (exact) mass is 312 g/mol. The van der Waals surface area contributed by atoms with E-state index in [1.54, 1.807) is 19.1 Å². The lowest BCUT2D eigenvalue weighted by molar-refractivity contribution is -0.146. The first-order valence-corrected chi connectivity index (χ1v) is 8.36. The van der Waals surface area contributed by atoms with Gasteiger partial charge < -0.3 is 10.5 Å². The van der Waals surface area contributed by atoms with Crippen molar-refractivity contribution in [2.24, 2.45) is 0 Å². The molecule has 0 bridgehead atoms. The number of rotatable bonds is 4. The summed E-state index contributed by atoms with van der Waals surface area (Å²) in [6, 6.07) is 4.04. The van der Waals surface area contributed by atoms with Gasteiger partial charge in [-0.3, -0.25) is 4.79 Å². The van der Waals surface area contributed by atoms with E-state index in [-0.39, 0.29) is 17.2 Å². The molecule has 1 atom stereocenters. The van der Waals surface area contributed by atoms with Gasteiger partial charge in [-0.25, -0.2) is 8.42 Å². The minimum atomic E-state index is -3.79. The number of nitrogen functional groups attached to an aromatic ring is 1. The summed E-state index contributed by atoms with van der Waals surface area (Å²) in [4.78, 5) is 12.0. The minimum Gasteiger partial charge on any atom is -0.465 e. The molecule has 6 nitrogen and oxygen atoms in total. The molecule has 0 amide bonds. The van der Waals surface area contributed by atoms with Crippen LogP contribution in [0.5, 0.6) is 0 Å². The summed E-state index contributed by atoms with van der Waals surface area (Å²) in [6.45, 7) is 4.07. The fourth-order valence-electron chi connectivity index (χ4n) is 2.53. The Balaban J connectivity index is 2.36. The van der Waals surface area contributed by atoms with E-state index in [9.17, 15) is 13.2 Å². The lowest BCUT2D eigenvalue weighted by Crippen LogP contribution is -2.41. The molecule has 0 spiro atoms. The van der Waals surface area contributed by atoms with E-state index in [0.29, 0.717) is 19.4 Å². The molecular weight excluding hydrogens is 292 g/mol. The van der Waals surface area contributed by atoms with E-state index in [4.69, 9.17) is 10.5 Å². The molecule has 1 aliphatic rings. The average molecular weight is 312 g/mol. The van der Waals surface area contributed by atoms with Crippen LogP contribution < -0.4 is 5.73 Å². The first kappa shape index (κ1) is 15.8. The summed E-state index contributed by atoms with van der Waals surface area (Å²) in [5.74, 6) is -0.496. The fourth-order valence-corrected chi connectivity index (χ4v) is 4.28. The van der Waals surface area contributed by atoms with Gasteiger partial charge in [-0.1, -0.05) is 6.07 Å². The Kier molecular flexibility index (Phi) is 4.53. The molecule has 116 valence electrons. The zero-order valence-electron chi connectivity index (χ0n) is 12.2. The normalized spacial score (nSPS) is 19.6. The fraction of sp³-hybridized carbons (Fsp3) is 0.500. The molecule has 7 heteroatoms. The number of hydrogen-bond donors (Lipinski definition) is 1. The first-order chi connectivity index (χ1) is 9.87. The van der Waals surface area contributed by atoms with Crippen LogP contribution in [0.3, 0.4) is 0 Å². The van der Waals surface area contributed by atoms with Crippen LogP contribution in [0.25, 0.3) is 0 Å². The second kappa shape index (κ2) is 6.03. The lowest BCUT2D eigenvalue weighted by atomic mass is 10.2. The van der Waals surface area contributed by atoms with Crippen molar-refractivity contribution >= 4 is 21.7 Å². The predicted molar refractivity (Wildman–Crippen MR) is 79.1 cm³/mol. The largest absolute Gasteiger partial charge is 0.465 e.